The molecule has 2 N–H and O–H groups in total. The van der Waals surface area contributed by atoms with Gasteiger partial charge in [-0.2, -0.15) is 0 Å². The number of rotatable bonds is 4. The zero-order valence-electron chi connectivity index (χ0n) is 9.37. The summed E-state index contributed by atoms with van der Waals surface area (Å²) in [6, 6.07) is 0. The van der Waals surface area contributed by atoms with Crippen molar-refractivity contribution < 1.29 is 4.74 Å². The number of nitrogens with two attached hydrogens (primary N) is 1. The van der Waals surface area contributed by atoms with Crippen molar-refractivity contribution in [2.24, 2.45) is 0 Å². The third-order valence-corrected chi connectivity index (χ3v) is 2.44. The molecule has 1 heterocycles. The van der Waals surface area contributed by atoms with E-state index in [9.17, 15) is 0 Å². The van der Waals surface area contributed by atoms with Crippen LogP contribution >= 0.6 is 0 Å². The van der Waals surface area contributed by atoms with E-state index in [1.54, 1.807) is 13.4 Å². The van der Waals surface area contributed by atoms with Crippen LogP contribution in [0.3, 0.4) is 0 Å². The first-order valence-electron chi connectivity index (χ1n) is 4.85. The molecule has 14 heavy (non-hydrogen) atoms. The van der Waals surface area contributed by atoms with Crippen molar-refractivity contribution >= 4 is 5.82 Å². The van der Waals surface area contributed by atoms with Crippen molar-refractivity contribution in [2.45, 2.75) is 39.3 Å². The number of nitrogen functional groups attached to an aromatic ring is 1. The summed E-state index contributed by atoms with van der Waals surface area (Å²) >= 11 is 0. The second-order valence-corrected chi connectivity index (χ2v) is 4.00. The predicted octanol–water partition coefficient (Wildman–Crippen LogP) is 1.45. The predicted molar refractivity (Wildman–Crippen MR) is 57.1 cm³/mol. The van der Waals surface area contributed by atoms with Gasteiger partial charge in [0.05, 0.1) is 17.6 Å². The molecule has 0 saturated carbocycles. The average molecular weight is 197 g/mol. The number of hydrogen-bond acceptors (Lipinski definition) is 3. The number of anilines is 1. The summed E-state index contributed by atoms with van der Waals surface area (Å²) in [4.78, 5) is 4.28. The van der Waals surface area contributed by atoms with Gasteiger partial charge in [0.25, 0.3) is 0 Å². The lowest BCUT2D eigenvalue weighted by molar-refractivity contribution is 0.0226. The molecule has 0 saturated heterocycles. The molecular weight excluding hydrogens is 178 g/mol. The van der Waals surface area contributed by atoms with Crippen molar-refractivity contribution in [2.75, 3.05) is 12.8 Å². The first-order valence-corrected chi connectivity index (χ1v) is 4.85. The molecule has 4 heteroatoms. The number of ether oxygens (including phenoxy) is 1. The van der Waals surface area contributed by atoms with Gasteiger partial charge in [0.2, 0.25) is 0 Å². The fraction of sp³-hybridized carbons (Fsp3) is 0.700. The van der Waals surface area contributed by atoms with Crippen molar-refractivity contribution in [3.05, 3.63) is 12.0 Å². The van der Waals surface area contributed by atoms with Crippen LogP contribution in [0.15, 0.2) is 6.33 Å². The van der Waals surface area contributed by atoms with E-state index in [2.05, 4.69) is 4.98 Å². The maximum atomic E-state index is 5.92. The van der Waals surface area contributed by atoms with E-state index < -0.39 is 0 Å². The standard InChI is InChI=1S/C10H19N3O/c1-5-13-7-12-8(9(13)11)6-10(2,3)14-4/h7H,5-6,11H2,1-4H3. The van der Waals surface area contributed by atoms with E-state index in [1.807, 2.05) is 25.3 Å². The van der Waals surface area contributed by atoms with Crippen LogP contribution < -0.4 is 5.73 Å². The average Bonchev–Trinajstić information content (AvgIpc) is 2.47. The van der Waals surface area contributed by atoms with Gasteiger partial charge in [0.1, 0.15) is 5.82 Å². The molecule has 0 aromatic carbocycles. The minimum absolute atomic E-state index is 0.207. The Balaban J connectivity index is 2.82. The van der Waals surface area contributed by atoms with Gasteiger partial charge in [-0.1, -0.05) is 0 Å². The first kappa shape index (κ1) is 11.0. The lowest BCUT2D eigenvalue weighted by Crippen LogP contribution is -2.26. The van der Waals surface area contributed by atoms with Gasteiger partial charge in [-0.25, -0.2) is 4.98 Å². The Morgan fingerprint density at radius 3 is 2.64 bits per heavy atom. The minimum Gasteiger partial charge on any atom is -0.384 e. The van der Waals surface area contributed by atoms with Crippen molar-refractivity contribution in [1.82, 2.24) is 9.55 Å². The van der Waals surface area contributed by atoms with Gasteiger partial charge in [-0.15, -0.1) is 0 Å². The SMILES string of the molecule is CCn1cnc(CC(C)(C)OC)c1N. The summed E-state index contributed by atoms with van der Waals surface area (Å²) in [5.74, 6) is 0.748. The number of methoxy groups -OCH3 is 1. The van der Waals surface area contributed by atoms with Gasteiger partial charge in [0.15, 0.2) is 0 Å². The lowest BCUT2D eigenvalue weighted by Gasteiger charge is -2.21. The number of imidazole rings is 1. The Hall–Kier alpha value is -1.03. The highest BCUT2D eigenvalue weighted by Gasteiger charge is 2.20. The molecule has 1 aromatic heterocycles. The van der Waals surface area contributed by atoms with Crippen LogP contribution in [-0.4, -0.2) is 22.3 Å². The van der Waals surface area contributed by atoms with E-state index >= 15 is 0 Å². The molecule has 0 amide bonds. The Kier molecular flexibility index (Phi) is 3.16. The van der Waals surface area contributed by atoms with E-state index in [-0.39, 0.29) is 5.60 Å². The third kappa shape index (κ3) is 2.26. The highest BCUT2D eigenvalue weighted by atomic mass is 16.5. The highest BCUT2D eigenvalue weighted by molar-refractivity contribution is 5.36. The molecule has 0 bridgehead atoms. The Labute approximate surface area is 85.1 Å². The molecule has 4 nitrogen and oxygen atoms in total. The largest absolute Gasteiger partial charge is 0.384 e. The molecule has 0 unspecified atom stereocenters. The molecule has 0 spiro atoms. The monoisotopic (exact) mass is 197 g/mol. The van der Waals surface area contributed by atoms with Crippen molar-refractivity contribution in [3.8, 4) is 0 Å². The maximum Gasteiger partial charge on any atom is 0.126 e. The quantitative estimate of drug-likeness (QED) is 0.795. The van der Waals surface area contributed by atoms with Gasteiger partial charge < -0.3 is 15.0 Å². The third-order valence-electron chi connectivity index (χ3n) is 2.44. The second-order valence-electron chi connectivity index (χ2n) is 4.00. The van der Waals surface area contributed by atoms with Crippen LogP contribution in [0.2, 0.25) is 0 Å². The summed E-state index contributed by atoms with van der Waals surface area (Å²) < 4.78 is 7.27. The van der Waals surface area contributed by atoms with Gasteiger partial charge in [-0.05, 0) is 20.8 Å². The van der Waals surface area contributed by atoms with E-state index in [4.69, 9.17) is 10.5 Å². The van der Waals surface area contributed by atoms with E-state index in [0.717, 1.165) is 24.5 Å². The number of aromatic nitrogens is 2. The molecule has 1 rings (SSSR count). The number of nitrogens with zero attached hydrogens (tertiary/aromatic N) is 2. The molecule has 0 fully saturated rings. The van der Waals surface area contributed by atoms with Crippen LogP contribution in [-0.2, 0) is 17.7 Å². The topological polar surface area (TPSA) is 53.1 Å². The summed E-state index contributed by atoms with van der Waals surface area (Å²) in [6.07, 6.45) is 2.51. The molecule has 80 valence electrons. The molecular formula is C10H19N3O. The molecule has 0 aliphatic rings. The summed E-state index contributed by atoms with van der Waals surface area (Å²) in [7, 11) is 1.70. The Morgan fingerprint density at radius 1 is 1.57 bits per heavy atom. The maximum absolute atomic E-state index is 5.92. The highest BCUT2D eigenvalue weighted by Crippen LogP contribution is 2.19. The van der Waals surface area contributed by atoms with Crippen LogP contribution in [0, 0.1) is 0 Å². The fourth-order valence-electron chi connectivity index (χ4n) is 1.30. The summed E-state index contributed by atoms with van der Waals surface area (Å²) in [5.41, 5.74) is 6.63. The smallest absolute Gasteiger partial charge is 0.126 e. The molecule has 0 radical (unpaired) electrons. The van der Waals surface area contributed by atoms with Gasteiger partial charge in [0, 0.05) is 20.1 Å². The zero-order valence-corrected chi connectivity index (χ0v) is 9.37. The lowest BCUT2D eigenvalue weighted by atomic mass is 10.0. The second kappa shape index (κ2) is 4.00. The molecule has 0 aliphatic carbocycles. The van der Waals surface area contributed by atoms with Crippen LogP contribution in [0.5, 0.6) is 0 Å². The van der Waals surface area contributed by atoms with Crippen LogP contribution in [0.1, 0.15) is 26.5 Å². The van der Waals surface area contributed by atoms with Crippen molar-refractivity contribution in [3.63, 3.8) is 0 Å². The molecule has 0 atom stereocenters. The molecule has 1 aromatic rings. The van der Waals surface area contributed by atoms with Gasteiger partial charge >= 0.3 is 0 Å². The van der Waals surface area contributed by atoms with E-state index in [0.29, 0.717) is 0 Å². The fourth-order valence-corrected chi connectivity index (χ4v) is 1.30. The zero-order chi connectivity index (χ0) is 10.8. The normalized spacial score (nSPS) is 12.0. The Morgan fingerprint density at radius 2 is 2.21 bits per heavy atom. The van der Waals surface area contributed by atoms with Crippen molar-refractivity contribution in [1.29, 1.82) is 0 Å². The van der Waals surface area contributed by atoms with E-state index in [1.165, 1.54) is 0 Å². The number of aryl methyl sites for hydroxylation is 1. The minimum atomic E-state index is -0.207. The number of hydrogen-bond donors (Lipinski definition) is 1. The summed E-state index contributed by atoms with van der Waals surface area (Å²) in [6.45, 7) is 6.95. The van der Waals surface area contributed by atoms with Crippen LogP contribution in [0.4, 0.5) is 5.82 Å². The Bertz CT molecular complexity index is 304. The van der Waals surface area contributed by atoms with Gasteiger partial charge in [-0.3, -0.25) is 0 Å². The summed E-state index contributed by atoms with van der Waals surface area (Å²) in [5, 5.41) is 0. The first-order chi connectivity index (χ1) is 6.50. The molecule has 0 aliphatic heterocycles. The van der Waals surface area contributed by atoms with Crippen LogP contribution in [0.25, 0.3) is 0 Å².